The molecule has 0 N–H and O–H groups in total. The number of benzene rings is 2. The van der Waals surface area contributed by atoms with Gasteiger partial charge in [-0.1, -0.05) is 31.2 Å². The van der Waals surface area contributed by atoms with Crippen LogP contribution in [-0.4, -0.2) is 48.0 Å². The van der Waals surface area contributed by atoms with Crippen molar-refractivity contribution in [2.45, 2.75) is 32.7 Å². The van der Waals surface area contributed by atoms with Crippen LogP contribution in [0.15, 0.2) is 53.9 Å². The minimum atomic E-state index is -0.172. The minimum Gasteiger partial charge on any atom is -0.454 e. The van der Waals surface area contributed by atoms with Crippen LogP contribution in [0.25, 0.3) is 0 Å². The van der Waals surface area contributed by atoms with E-state index in [2.05, 4.69) is 30.5 Å². The first-order valence-electron chi connectivity index (χ1n) is 11.7. The molecule has 1 unspecified atom stereocenters. The Hall–Kier alpha value is -3.32. The van der Waals surface area contributed by atoms with Crippen LogP contribution in [0.4, 0.5) is 0 Å². The van der Waals surface area contributed by atoms with Crippen LogP contribution in [0.2, 0.25) is 0 Å². The molecule has 0 aliphatic carbocycles. The summed E-state index contributed by atoms with van der Waals surface area (Å²) in [6, 6.07) is 15.4. The fraction of sp³-hybridized carbons (Fsp3) is 0.333. The summed E-state index contributed by atoms with van der Waals surface area (Å²) in [5.74, 6) is 0.992. The van der Waals surface area contributed by atoms with Crippen molar-refractivity contribution in [2.24, 2.45) is 0 Å². The molecule has 34 heavy (non-hydrogen) atoms. The maximum absolute atomic E-state index is 13.7. The molecule has 3 heterocycles. The van der Waals surface area contributed by atoms with E-state index in [9.17, 15) is 9.59 Å². The van der Waals surface area contributed by atoms with Gasteiger partial charge in [-0.15, -0.1) is 11.3 Å². The summed E-state index contributed by atoms with van der Waals surface area (Å²) in [5.41, 5.74) is 3.99. The van der Waals surface area contributed by atoms with E-state index >= 15 is 0 Å². The predicted octanol–water partition coefficient (Wildman–Crippen LogP) is 4.81. The van der Waals surface area contributed by atoms with Crippen LogP contribution in [0.1, 0.15) is 51.3 Å². The predicted molar refractivity (Wildman–Crippen MR) is 132 cm³/mol. The zero-order valence-electron chi connectivity index (χ0n) is 19.5. The summed E-state index contributed by atoms with van der Waals surface area (Å²) in [6.45, 7) is 5.45. The summed E-state index contributed by atoms with van der Waals surface area (Å²) in [4.78, 5) is 32.0. The monoisotopic (exact) mass is 476 g/mol. The SMILES string of the molecule is CCCN(CC(=O)N1CCc2sccc2C1c1ccccc1C)C(=O)c1ccc2c(c1)OCO2. The quantitative estimate of drug-likeness (QED) is 0.512. The number of carbonyl (C=O) groups excluding carboxylic acids is 2. The second-order valence-electron chi connectivity index (χ2n) is 8.69. The molecule has 6 nitrogen and oxygen atoms in total. The van der Waals surface area contributed by atoms with Gasteiger partial charge in [-0.3, -0.25) is 9.59 Å². The van der Waals surface area contributed by atoms with Gasteiger partial charge >= 0.3 is 0 Å². The van der Waals surface area contributed by atoms with Gasteiger partial charge in [-0.25, -0.2) is 0 Å². The Morgan fingerprint density at radius 2 is 1.91 bits per heavy atom. The molecule has 0 fully saturated rings. The molecule has 176 valence electrons. The number of hydrogen-bond donors (Lipinski definition) is 0. The number of thiophene rings is 1. The van der Waals surface area contributed by atoms with E-state index in [1.807, 2.05) is 24.0 Å². The topological polar surface area (TPSA) is 59.1 Å². The van der Waals surface area contributed by atoms with E-state index in [-0.39, 0.29) is 31.2 Å². The zero-order valence-corrected chi connectivity index (χ0v) is 20.3. The van der Waals surface area contributed by atoms with Gasteiger partial charge in [0.25, 0.3) is 5.91 Å². The molecule has 2 aliphatic rings. The first-order valence-corrected chi connectivity index (χ1v) is 12.5. The Kier molecular flexibility index (Phi) is 6.28. The van der Waals surface area contributed by atoms with E-state index in [0.29, 0.717) is 30.2 Å². The van der Waals surface area contributed by atoms with Gasteiger partial charge in [-0.05, 0) is 66.1 Å². The molecule has 0 saturated heterocycles. The maximum atomic E-state index is 13.7. The average molecular weight is 477 g/mol. The molecule has 2 aromatic carbocycles. The molecule has 1 aromatic heterocycles. The van der Waals surface area contributed by atoms with Gasteiger partial charge in [0, 0.05) is 23.5 Å². The molecule has 2 amide bonds. The molecule has 5 rings (SSSR count). The minimum absolute atomic E-state index is 0.0346. The third-order valence-electron chi connectivity index (χ3n) is 6.50. The van der Waals surface area contributed by atoms with Gasteiger partial charge < -0.3 is 19.3 Å². The van der Waals surface area contributed by atoms with E-state index in [1.54, 1.807) is 34.4 Å². The van der Waals surface area contributed by atoms with Gasteiger partial charge in [0.15, 0.2) is 11.5 Å². The molecular weight excluding hydrogens is 448 g/mol. The lowest BCUT2D eigenvalue weighted by Gasteiger charge is -2.38. The molecule has 1 atom stereocenters. The number of nitrogens with zero attached hydrogens (tertiary/aromatic N) is 2. The highest BCUT2D eigenvalue weighted by molar-refractivity contribution is 7.10. The number of rotatable bonds is 6. The fourth-order valence-electron chi connectivity index (χ4n) is 4.80. The van der Waals surface area contributed by atoms with Crippen molar-refractivity contribution < 1.29 is 19.1 Å². The Balaban J connectivity index is 1.41. The number of fused-ring (bicyclic) bond motifs is 2. The lowest BCUT2D eigenvalue weighted by Crippen LogP contribution is -2.47. The maximum Gasteiger partial charge on any atom is 0.254 e. The summed E-state index contributed by atoms with van der Waals surface area (Å²) < 4.78 is 10.8. The van der Waals surface area contributed by atoms with Crippen molar-refractivity contribution in [2.75, 3.05) is 26.4 Å². The molecule has 2 aliphatic heterocycles. The van der Waals surface area contributed by atoms with Crippen LogP contribution in [0, 0.1) is 6.92 Å². The summed E-state index contributed by atoms with van der Waals surface area (Å²) in [5, 5.41) is 2.11. The second kappa shape index (κ2) is 9.50. The highest BCUT2D eigenvalue weighted by Crippen LogP contribution is 2.39. The molecule has 7 heteroatoms. The van der Waals surface area contributed by atoms with Gasteiger partial charge in [-0.2, -0.15) is 0 Å². The van der Waals surface area contributed by atoms with Crippen molar-refractivity contribution >= 4 is 23.2 Å². The highest BCUT2D eigenvalue weighted by atomic mass is 32.1. The lowest BCUT2D eigenvalue weighted by molar-refractivity contribution is -0.134. The van der Waals surface area contributed by atoms with Crippen LogP contribution < -0.4 is 9.47 Å². The summed E-state index contributed by atoms with van der Waals surface area (Å²) >= 11 is 1.75. The van der Waals surface area contributed by atoms with Crippen molar-refractivity contribution in [1.82, 2.24) is 9.80 Å². The first kappa shape index (κ1) is 22.5. The molecule has 0 spiro atoms. The number of ether oxygens (including phenoxy) is 2. The second-order valence-corrected chi connectivity index (χ2v) is 9.69. The molecular formula is C27H28N2O4S. The zero-order chi connectivity index (χ0) is 23.7. The lowest BCUT2D eigenvalue weighted by atomic mass is 9.90. The standard InChI is InChI=1S/C27H28N2O4S/c1-3-12-28(27(31)19-8-9-22-23(15-19)33-17-32-22)16-25(30)29-13-10-24-21(11-14-34-24)26(29)20-7-5-4-6-18(20)2/h4-9,11,14-15,26H,3,10,12-13,16-17H2,1-2H3. The fourth-order valence-corrected chi connectivity index (χ4v) is 5.71. The summed E-state index contributed by atoms with van der Waals surface area (Å²) in [7, 11) is 0. The van der Waals surface area contributed by atoms with E-state index in [4.69, 9.17) is 9.47 Å². The molecule has 0 bridgehead atoms. The Bertz CT molecular complexity index is 1220. The summed E-state index contributed by atoms with van der Waals surface area (Å²) in [6.07, 6.45) is 1.60. The van der Waals surface area contributed by atoms with Crippen molar-refractivity contribution in [1.29, 1.82) is 0 Å². The van der Waals surface area contributed by atoms with Gasteiger partial charge in [0.1, 0.15) is 6.54 Å². The van der Waals surface area contributed by atoms with Crippen LogP contribution in [0.3, 0.4) is 0 Å². The number of carbonyl (C=O) groups is 2. The van der Waals surface area contributed by atoms with Crippen LogP contribution >= 0.6 is 11.3 Å². The Morgan fingerprint density at radius 3 is 2.74 bits per heavy atom. The molecule has 3 aromatic rings. The number of aryl methyl sites for hydroxylation is 1. The third kappa shape index (κ3) is 4.16. The first-order chi connectivity index (χ1) is 16.6. The van der Waals surface area contributed by atoms with Crippen molar-refractivity contribution in [3.63, 3.8) is 0 Å². The van der Waals surface area contributed by atoms with E-state index < -0.39 is 0 Å². The number of hydrogen-bond acceptors (Lipinski definition) is 5. The molecule has 0 radical (unpaired) electrons. The molecule has 0 saturated carbocycles. The average Bonchev–Trinajstić information content (AvgIpc) is 3.52. The van der Waals surface area contributed by atoms with Gasteiger partial charge in [0.2, 0.25) is 12.7 Å². The highest BCUT2D eigenvalue weighted by Gasteiger charge is 2.34. The smallest absolute Gasteiger partial charge is 0.254 e. The number of amides is 2. The van der Waals surface area contributed by atoms with Crippen molar-refractivity contribution in [3.05, 3.63) is 81.0 Å². The van der Waals surface area contributed by atoms with E-state index in [1.165, 1.54) is 10.4 Å². The van der Waals surface area contributed by atoms with Gasteiger partial charge in [0.05, 0.1) is 6.04 Å². The van der Waals surface area contributed by atoms with Crippen LogP contribution in [-0.2, 0) is 11.2 Å². The Morgan fingerprint density at radius 1 is 1.09 bits per heavy atom. The normalized spacial score (nSPS) is 16.3. The Labute approximate surface area is 203 Å². The van der Waals surface area contributed by atoms with E-state index in [0.717, 1.165) is 24.0 Å². The largest absolute Gasteiger partial charge is 0.454 e. The van der Waals surface area contributed by atoms with Crippen molar-refractivity contribution in [3.8, 4) is 11.5 Å². The van der Waals surface area contributed by atoms with Crippen LogP contribution in [0.5, 0.6) is 11.5 Å². The third-order valence-corrected chi connectivity index (χ3v) is 7.49.